The number of rotatable bonds is 7. The van der Waals surface area contributed by atoms with Crippen LogP contribution >= 0.6 is 0 Å². The van der Waals surface area contributed by atoms with Gasteiger partial charge < -0.3 is 9.64 Å². The minimum atomic E-state index is -0.525. The lowest BCUT2D eigenvalue weighted by molar-refractivity contribution is -0.133. The van der Waals surface area contributed by atoms with Crippen molar-refractivity contribution in [3.05, 3.63) is 59.9 Å². The number of benzene rings is 1. The van der Waals surface area contributed by atoms with E-state index in [9.17, 15) is 9.59 Å². The Labute approximate surface area is 147 Å². The summed E-state index contributed by atoms with van der Waals surface area (Å²) in [5.74, 6) is -0.758. The fraction of sp³-hybridized carbons (Fsp3) is 0.316. The van der Waals surface area contributed by atoms with Crippen molar-refractivity contribution < 1.29 is 14.3 Å². The van der Waals surface area contributed by atoms with Crippen LogP contribution in [0.25, 0.3) is 5.69 Å². The first kappa shape index (κ1) is 18.4. The van der Waals surface area contributed by atoms with Gasteiger partial charge >= 0.3 is 5.97 Å². The standard InChI is InChI=1S/C19H23N3O3/c1-5-21(12-14(2)3)18(23)13-25-19(24)16-6-8-17(9-7-16)22-15(4)10-11-20-22/h6-11H,2,5,12-13H2,1,3-4H3. The summed E-state index contributed by atoms with van der Waals surface area (Å²) >= 11 is 0. The van der Waals surface area contributed by atoms with Crippen LogP contribution in [-0.4, -0.2) is 46.3 Å². The Morgan fingerprint density at radius 1 is 1.24 bits per heavy atom. The van der Waals surface area contributed by atoms with E-state index in [1.54, 1.807) is 40.0 Å². The van der Waals surface area contributed by atoms with Gasteiger partial charge in [0.25, 0.3) is 5.91 Å². The molecule has 1 amide bonds. The van der Waals surface area contributed by atoms with Crippen LogP contribution in [0, 0.1) is 6.92 Å². The van der Waals surface area contributed by atoms with E-state index >= 15 is 0 Å². The Kier molecular flexibility index (Phi) is 6.11. The van der Waals surface area contributed by atoms with Gasteiger partial charge in [0.2, 0.25) is 0 Å². The molecule has 0 saturated carbocycles. The number of hydrogen-bond donors (Lipinski definition) is 0. The molecular formula is C19H23N3O3. The van der Waals surface area contributed by atoms with Crippen LogP contribution < -0.4 is 0 Å². The topological polar surface area (TPSA) is 64.4 Å². The molecule has 2 rings (SSSR count). The van der Waals surface area contributed by atoms with E-state index in [2.05, 4.69) is 11.7 Å². The van der Waals surface area contributed by atoms with Crippen molar-refractivity contribution in [2.45, 2.75) is 20.8 Å². The number of esters is 1. The van der Waals surface area contributed by atoms with Crippen LogP contribution in [-0.2, 0) is 9.53 Å². The number of hydrogen-bond acceptors (Lipinski definition) is 4. The molecule has 0 aliphatic carbocycles. The van der Waals surface area contributed by atoms with Gasteiger partial charge in [-0.15, -0.1) is 0 Å². The van der Waals surface area contributed by atoms with E-state index in [0.29, 0.717) is 18.7 Å². The fourth-order valence-corrected chi connectivity index (χ4v) is 2.38. The van der Waals surface area contributed by atoms with Crippen molar-refractivity contribution in [1.29, 1.82) is 0 Å². The van der Waals surface area contributed by atoms with Crippen molar-refractivity contribution in [2.24, 2.45) is 0 Å². The number of aromatic nitrogens is 2. The van der Waals surface area contributed by atoms with Crippen molar-refractivity contribution >= 4 is 11.9 Å². The highest BCUT2D eigenvalue weighted by Gasteiger charge is 2.15. The van der Waals surface area contributed by atoms with Crippen LogP contribution in [0.5, 0.6) is 0 Å². The molecule has 0 saturated heterocycles. The number of amides is 1. The molecule has 2 aromatic rings. The maximum Gasteiger partial charge on any atom is 0.338 e. The van der Waals surface area contributed by atoms with Gasteiger partial charge in [-0.1, -0.05) is 12.2 Å². The summed E-state index contributed by atoms with van der Waals surface area (Å²) in [5, 5.41) is 4.22. The van der Waals surface area contributed by atoms with Gasteiger partial charge in [0.15, 0.2) is 6.61 Å². The molecule has 0 radical (unpaired) electrons. The quantitative estimate of drug-likeness (QED) is 0.574. The van der Waals surface area contributed by atoms with Gasteiger partial charge in [0, 0.05) is 25.0 Å². The molecule has 132 valence electrons. The number of ether oxygens (including phenoxy) is 1. The first-order valence-electron chi connectivity index (χ1n) is 8.12. The molecular weight excluding hydrogens is 318 g/mol. The summed E-state index contributed by atoms with van der Waals surface area (Å²) < 4.78 is 6.90. The lowest BCUT2D eigenvalue weighted by Gasteiger charge is -2.20. The van der Waals surface area contributed by atoms with Crippen LogP contribution in [0.15, 0.2) is 48.7 Å². The molecule has 1 aromatic heterocycles. The lowest BCUT2D eigenvalue weighted by atomic mass is 10.2. The molecule has 0 fully saturated rings. The van der Waals surface area contributed by atoms with Crippen molar-refractivity contribution in [1.82, 2.24) is 14.7 Å². The van der Waals surface area contributed by atoms with Gasteiger partial charge in [0.1, 0.15) is 0 Å². The summed E-state index contributed by atoms with van der Waals surface area (Å²) in [6.45, 7) is 10.2. The summed E-state index contributed by atoms with van der Waals surface area (Å²) in [5.41, 5.74) is 3.13. The van der Waals surface area contributed by atoms with E-state index in [1.807, 2.05) is 26.8 Å². The second-order valence-corrected chi connectivity index (χ2v) is 5.87. The SMILES string of the molecule is C=C(C)CN(CC)C(=O)COC(=O)c1ccc(-n2nccc2C)cc1. The number of carbonyl (C=O) groups excluding carboxylic acids is 2. The predicted molar refractivity (Wildman–Crippen MR) is 95.7 cm³/mol. The molecule has 0 spiro atoms. The monoisotopic (exact) mass is 341 g/mol. The van der Waals surface area contributed by atoms with Gasteiger partial charge in [-0.3, -0.25) is 4.79 Å². The Balaban J connectivity index is 1.96. The average molecular weight is 341 g/mol. The molecule has 0 aliphatic rings. The van der Waals surface area contributed by atoms with E-state index in [1.165, 1.54) is 0 Å². The second-order valence-electron chi connectivity index (χ2n) is 5.87. The summed E-state index contributed by atoms with van der Waals surface area (Å²) in [6, 6.07) is 8.80. The molecule has 1 heterocycles. The lowest BCUT2D eigenvalue weighted by Crippen LogP contribution is -2.35. The van der Waals surface area contributed by atoms with E-state index in [0.717, 1.165) is 17.0 Å². The van der Waals surface area contributed by atoms with Gasteiger partial charge in [-0.25, -0.2) is 9.48 Å². The molecule has 6 heteroatoms. The number of aryl methyl sites for hydroxylation is 1. The molecule has 0 N–H and O–H groups in total. The summed E-state index contributed by atoms with van der Waals surface area (Å²) in [7, 11) is 0. The van der Waals surface area contributed by atoms with Gasteiger partial charge in [0.05, 0.1) is 11.3 Å². The third-order valence-corrected chi connectivity index (χ3v) is 3.70. The Morgan fingerprint density at radius 2 is 1.92 bits per heavy atom. The zero-order valence-corrected chi connectivity index (χ0v) is 14.9. The number of likely N-dealkylation sites (N-methyl/N-ethyl adjacent to an activating group) is 1. The maximum atomic E-state index is 12.1. The van der Waals surface area contributed by atoms with Crippen LogP contribution in [0.2, 0.25) is 0 Å². The molecule has 25 heavy (non-hydrogen) atoms. The van der Waals surface area contributed by atoms with Crippen LogP contribution in [0.1, 0.15) is 29.9 Å². The fourth-order valence-electron chi connectivity index (χ4n) is 2.38. The second kappa shape index (κ2) is 8.28. The van der Waals surface area contributed by atoms with Crippen molar-refractivity contribution in [3.8, 4) is 5.69 Å². The first-order valence-corrected chi connectivity index (χ1v) is 8.12. The summed E-state index contributed by atoms with van der Waals surface area (Å²) in [6.07, 6.45) is 1.72. The molecule has 0 unspecified atom stereocenters. The molecule has 1 aromatic carbocycles. The van der Waals surface area contributed by atoms with E-state index < -0.39 is 5.97 Å². The van der Waals surface area contributed by atoms with E-state index in [4.69, 9.17) is 4.74 Å². The Morgan fingerprint density at radius 3 is 2.44 bits per heavy atom. The number of nitrogens with zero attached hydrogens (tertiary/aromatic N) is 3. The van der Waals surface area contributed by atoms with Crippen molar-refractivity contribution in [2.75, 3.05) is 19.7 Å². The smallest absolute Gasteiger partial charge is 0.338 e. The molecule has 0 aliphatic heterocycles. The van der Waals surface area contributed by atoms with Crippen LogP contribution in [0.3, 0.4) is 0 Å². The zero-order valence-electron chi connectivity index (χ0n) is 14.9. The summed E-state index contributed by atoms with van der Waals surface area (Å²) in [4.78, 5) is 25.8. The van der Waals surface area contributed by atoms with E-state index in [-0.39, 0.29) is 12.5 Å². The average Bonchev–Trinajstić information content (AvgIpc) is 3.03. The highest BCUT2D eigenvalue weighted by atomic mass is 16.5. The van der Waals surface area contributed by atoms with Crippen LogP contribution in [0.4, 0.5) is 0 Å². The highest BCUT2D eigenvalue weighted by Crippen LogP contribution is 2.12. The Hall–Kier alpha value is -2.89. The largest absolute Gasteiger partial charge is 0.452 e. The Bertz CT molecular complexity index is 762. The first-order chi connectivity index (χ1) is 11.9. The molecule has 0 bridgehead atoms. The molecule has 0 atom stereocenters. The third-order valence-electron chi connectivity index (χ3n) is 3.70. The predicted octanol–water partition coefficient (Wildman–Crippen LogP) is 2.76. The zero-order chi connectivity index (χ0) is 18.4. The van der Waals surface area contributed by atoms with Crippen molar-refractivity contribution in [3.63, 3.8) is 0 Å². The maximum absolute atomic E-state index is 12.1. The normalized spacial score (nSPS) is 10.4. The highest BCUT2D eigenvalue weighted by molar-refractivity contribution is 5.91. The number of carbonyl (C=O) groups is 2. The van der Waals surface area contributed by atoms with Gasteiger partial charge in [-0.05, 0) is 51.1 Å². The minimum absolute atomic E-state index is 0.234. The minimum Gasteiger partial charge on any atom is -0.452 e. The third kappa shape index (κ3) is 4.79. The molecule has 6 nitrogen and oxygen atoms in total. The van der Waals surface area contributed by atoms with Gasteiger partial charge in [-0.2, -0.15) is 5.10 Å².